The monoisotopic (exact) mass is 629 g/mol. The normalized spacial score (nSPS) is 15.0. The van der Waals surface area contributed by atoms with Gasteiger partial charge in [0, 0.05) is 11.1 Å². The van der Waals surface area contributed by atoms with E-state index in [4.69, 9.17) is 14.8 Å². The van der Waals surface area contributed by atoms with Gasteiger partial charge in [0.05, 0.1) is 35.4 Å². The summed E-state index contributed by atoms with van der Waals surface area (Å²) in [5.74, 6) is -0.235. The minimum atomic E-state index is -4.92. The van der Waals surface area contributed by atoms with Gasteiger partial charge in [-0.2, -0.15) is 5.10 Å². The Hall–Kier alpha value is -3.84. The van der Waals surface area contributed by atoms with Crippen LogP contribution in [0.3, 0.4) is 0 Å². The topological polar surface area (TPSA) is 98.1 Å². The number of hydrogen-bond acceptors (Lipinski definition) is 8. The third-order valence-electron chi connectivity index (χ3n) is 7.05. The van der Waals surface area contributed by atoms with Gasteiger partial charge in [-0.1, -0.05) is 42.1 Å². The molecule has 234 valence electrons. The van der Waals surface area contributed by atoms with Crippen LogP contribution in [0.25, 0.3) is 16.4 Å². The maximum Gasteiger partial charge on any atom is 0.573 e. The molecule has 0 bridgehead atoms. The number of rotatable bonds is 9. The average molecular weight is 630 g/mol. The van der Waals surface area contributed by atoms with Crippen LogP contribution >= 0.6 is 11.8 Å². The minimum absolute atomic E-state index is 0.00456. The molecule has 1 aliphatic heterocycles. The van der Waals surface area contributed by atoms with E-state index in [2.05, 4.69) is 15.0 Å². The van der Waals surface area contributed by atoms with Crippen molar-refractivity contribution in [1.82, 2.24) is 24.8 Å². The van der Waals surface area contributed by atoms with Crippen molar-refractivity contribution in [3.8, 4) is 5.75 Å². The van der Waals surface area contributed by atoms with Crippen molar-refractivity contribution >= 4 is 40.1 Å². The SMILES string of the molecule is CC(C)(C)OC(=O)CN1CCC(CSc2nc3ccccc3c3cc(CNC(=O)c4ccccc4OC(F)(F)F)nn23)CC1. The van der Waals surface area contributed by atoms with E-state index in [-0.39, 0.29) is 24.6 Å². The first-order valence-electron chi connectivity index (χ1n) is 14.3. The number of carbonyl (C=O) groups is 2. The van der Waals surface area contributed by atoms with E-state index in [0.29, 0.717) is 16.8 Å². The van der Waals surface area contributed by atoms with Gasteiger partial charge in [0.2, 0.25) is 0 Å². The van der Waals surface area contributed by atoms with E-state index < -0.39 is 23.6 Å². The van der Waals surface area contributed by atoms with Crippen LogP contribution in [-0.2, 0) is 16.1 Å². The van der Waals surface area contributed by atoms with Crippen molar-refractivity contribution < 1.29 is 32.2 Å². The molecule has 2 aromatic carbocycles. The zero-order valence-electron chi connectivity index (χ0n) is 24.7. The highest BCUT2D eigenvalue weighted by Gasteiger charge is 2.33. The summed E-state index contributed by atoms with van der Waals surface area (Å²) < 4.78 is 49.7. The number of likely N-dealkylation sites (tertiary alicyclic amines) is 1. The van der Waals surface area contributed by atoms with Crippen molar-refractivity contribution in [2.24, 2.45) is 5.92 Å². The number of benzene rings is 2. The number of thioether (sulfide) groups is 1. The molecule has 0 radical (unpaired) electrons. The second kappa shape index (κ2) is 13.0. The van der Waals surface area contributed by atoms with Gasteiger partial charge in [0.15, 0.2) is 5.16 Å². The second-order valence-corrected chi connectivity index (χ2v) is 12.7. The molecule has 0 atom stereocenters. The van der Waals surface area contributed by atoms with E-state index in [1.807, 2.05) is 51.1 Å². The standard InChI is InChI=1S/C31H34F3N5O4S/c1-30(2,3)43-27(40)18-38-14-12-20(13-15-38)19-44-29-36-24-10-6-4-8-22(24)25-16-21(37-39(25)29)17-35-28(41)23-9-5-7-11-26(23)42-31(32,33)34/h4-11,16,20H,12-15,17-19H2,1-3H3,(H,35,41). The molecule has 9 nitrogen and oxygen atoms in total. The Balaban J connectivity index is 1.26. The highest BCUT2D eigenvalue weighted by atomic mass is 32.2. The first kappa shape index (κ1) is 31.6. The summed E-state index contributed by atoms with van der Waals surface area (Å²) in [5, 5.41) is 8.95. The Morgan fingerprint density at radius 1 is 1.05 bits per heavy atom. The number of halogens is 3. The summed E-state index contributed by atoms with van der Waals surface area (Å²) in [6.45, 7) is 7.50. The van der Waals surface area contributed by atoms with Crippen molar-refractivity contribution in [3.05, 3.63) is 65.9 Å². The summed E-state index contributed by atoms with van der Waals surface area (Å²) in [4.78, 5) is 32.0. The highest BCUT2D eigenvalue weighted by molar-refractivity contribution is 7.99. The number of amides is 1. The van der Waals surface area contributed by atoms with E-state index in [0.717, 1.165) is 54.2 Å². The fraction of sp³-hybridized carbons (Fsp3) is 0.419. The summed E-state index contributed by atoms with van der Waals surface area (Å²) in [7, 11) is 0. The lowest BCUT2D eigenvalue weighted by Crippen LogP contribution is -2.40. The van der Waals surface area contributed by atoms with Crippen molar-refractivity contribution in [2.75, 3.05) is 25.4 Å². The third-order valence-corrected chi connectivity index (χ3v) is 8.21. The molecule has 3 heterocycles. The number of nitrogens with zero attached hydrogens (tertiary/aromatic N) is 4. The Labute approximate surface area is 257 Å². The van der Waals surface area contributed by atoms with Gasteiger partial charge < -0.3 is 14.8 Å². The van der Waals surface area contributed by atoms with E-state index in [1.54, 1.807) is 16.3 Å². The zero-order valence-corrected chi connectivity index (χ0v) is 25.5. The number of esters is 1. The first-order chi connectivity index (χ1) is 20.8. The predicted octanol–water partition coefficient (Wildman–Crippen LogP) is 5.86. The maximum absolute atomic E-state index is 12.8. The molecular formula is C31H34F3N5O4S. The van der Waals surface area contributed by atoms with Crippen LogP contribution < -0.4 is 10.1 Å². The lowest BCUT2D eigenvalue weighted by atomic mass is 9.99. The molecule has 0 spiro atoms. The largest absolute Gasteiger partial charge is 0.573 e. The number of alkyl halides is 3. The highest BCUT2D eigenvalue weighted by Crippen LogP contribution is 2.30. The van der Waals surface area contributed by atoms with Crippen LogP contribution in [0.1, 0.15) is 49.7 Å². The Morgan fingerprint density at radius 3 is 2.48 bits per heavy atom. The van der Waals surface area contributed by atoms with Crippen molar-refractivity contribution in [1.29, 1.82) is 0 Å². The van der Waals surface area contributed by atoms with Crippen LogP contribution in [0.15, 0.2) is 59.8 Å². The second-order valence-electron chi connectivity index (χ2n) is 11.7. The fourth-order valence-corrected chi connectivity index (χ4v) is 6.22. The fourth-order valence-electron chi connectivity index (χ4n) is 5.08. The number of hydrogen-bond donors (Lipinski definition) is 1. The maximum atomic E-state index is 12.8. The Bertz CT molecular complexity index is 1650. The molecule has 1 amide bonds. The number of ether oxygens (including phenoxy) is 2. The molecule has 2 aromatic heterocycles. The molecule has 4 aromatic rings. The van der Waals surface area contributed by atoms with E-state index >= 15 is 0 Å². The molecular weight excluding hydrogens is 595 g/mol. The van der Waals surface area contributed by atoms with Gasteiger partial charge in [0.1, 0.15) is 11.4 Å². The summed E-state index contributed by atoms with van der Waals surface area (Å²) in [6, 6.07) is 14.8. The van der Waals surface area contributed by atoms with E-state index in [1.165, 1.54) is 18.2 Å². The van der Waals surface area contributed by atoms with E-state index in [9.17, 15) is 22.8 Å². The van der Waals surface area contributed by atoms with Gasteiger partial charge in [-0.15, -0.1) is 13.2 Å². The minimum Gasteiger partial charge on any atom is -0.459 e. The molecule has 0 aliphatic carbocycles. The van der Waals surface area contributed by atoms with Crippen molar-refractivity contribution in [3.63, 3.8) is 0 Å². The molecule has 0 unspecified atom stereocenters. The number of para-hydroxylation sites is 2. The van der Waals surface area contributed by atoms with Gasteiger partial charge >= 0.3 is 12.3 Å². The van der Waals surface area contributed by atoms with Crippen LogP contribution in [0.5, 0.6) is 5.75 Å². The zero-order chi connectivity index (χ0) is 31.5. The summed E-state index contributed by atoms with van der Waals surface area (Å²) >= 11 is 1.60. The number of nitrogens with one attached hydrogen (secondary N) is 1. The molecule has 1 saturated heterocycles. The molecule has 0 saturated carbocycles. The van der Waals surface area contributed by atoms with Crippen LogP contribution in [0, 0.1) is 5.92 Å². The number of carbonyl (C=O) groups excluding carboxylic acids is 2. The lowest BCUT2D eigenvalue weighted by Gasteiger charge is -2.31. The predicted molar refractivity (Wildman–Crippen MR) is 161 cm³/mol. The Kier molecular flexibility index (Phi) is 9.35. The molecule has 1 aliphatic rings. The lowest BCUT2D eigenvalue weighted by molar-refractivity contribution is -0.274. The Morgan fingerprint density at radius 2 is 1.75 bits per heavy atom. The van der Waals surface area contributed by atoms with Gasteiger partial charge in [-0.05, 0) is 76.9 Å². The molecule has 1 fully saturated rings. The third kappa shape index (κ3) is 8.20. The van der Waals surface area contributed by atoms with Gasteiger partial charge in [0.25, 0.3) is 5.91 Å². The molecule has 44 heavy (non-hydrogen) atoms. The van der Waals surface area contributed by atoms with Crippen molar-refractivity contribution in [2.45, 2.75) is 57.3 Å². The van der Waals surface area contributed by atoms with Gasteiger partial charge in [-0.3, -0.25) is 14.5 Å². The quantitative estimate of drug-likeness (QED) is 0.140. The van der Waals surface area contributed by atoms with Crippen LogP contribution in [0.2, 0.25) is 0 Å². The summed E-state index contributed by atoms with van der Waals surface area (Å²) in [5.41, 5.74) is 1.43. The number of fused-ring (bicyclic) bond motifs is 3. The molecule has 1 N–H and O–H groups in total. The first-order valence-corrected chi connectivity index (χ1v) is 15.3. The number of aromatic nitrogens is 3. The van der Waals surface area contributed by atoms with Gasteiger partial charge in [-0.25, -0.2) is 9.50 Å². The molecule has 5 rings (SSSR count). The van der Waals surface area contributed by atoms with Crippen LogP contribution in [0.4, 0.5) is 13.2 Å². The average Bonchev–Trinajstić information content (AvgIpc) is 3.39. The smallest absolute Gasteiger partial charge is 0.459 e. The summed E-state index contributed by atoms with van der Waals surface area (Å²) in [6.07, 6.45) is -3.03. The number of piperidine rings is 1. The van der Waals surface area contributed by atoms with Crippen LogP contribution in [-0.4, -0.2) is 68.7 Å². The molecule has 13 heteroatoms.